The molecule has 0 bridgehead atoms. The monoisotopic (exact) mass is 434 g/mol. The number of thiophene rings is 1. The van der Waals surface area contributed by atoms with Crippen molar-refractivity contribution >= 4 is 34.5 Å². The molecule has 0 radical (unpaired) electrons. The highest BCUT2D eigenvalue weighted by Gasteiger charge is 2.30. The standard InChI is InChI=1S/C26H30N2O2S/c1-25(2,3)23(29)27-19-20(28-24(30)26(4,5)6)22(18-15-11-8-12-16-18)31-21(19)17-13-9-7-10-14-17/h7-16H,1-6H3,(H,27,29)(H,28,30). The molecule has 0 atom stereocenters. The predicted molar refractivity (Wildman–Crippen MR) is 131 cm³/mol. The van der Waals surface area contributed by atoms with E-state index in [1.165, 1.54) is 0 Å². The van der Waals surface area contributed by atoms with Crippen molar-refractivity contribution in [3.05, 3.63) is 60.7 Å². The van der Waals surface area contributed by atoms with E-state index in [1.807, 2.05) is 102 Å². The first-order valence-electron chi connectivity index (χ1n) is 10.4. The fourth-order valence-electron chi connectivity index (χ4n) is 2.86. The summed E-state index contributed by atoms with van der Waals surface area (Å²) in [5, 5.41) is 6.24. The molecule has 2 amide bonds. The van der Waals surface area contributed by atoms with Crippen molar-refractivity contribution in [2.24, 2.45) is 10.8 Å². The third kappa shape index (κ3) is 5.23. The van der Waals surface area contributed by atoms with Gasteiger partial charge in [0.2, 0.25) is 11.8 Å². The molecule has 0 saturated heterocycles. The molecule has 0 aliphatic carbocycles. The Labute approximate surface area is 188 Å². The van der Waals surface area contributed by atoms with E-state index in [-0.39, 0.29) is 11.8 Å². The second-order valence-electron chi connectivity index (χ2n) is 9.65. The van der Waals surface area contributed by atoms with E-state index >= 15 is 0 Å². The molecule has 1 aromatic heterocycles. The number of amides is 2. The molecular formula is C26H30N2O2S. The molecule has 1 heterocycles. The Hall–Kier alpha value is -2.92. The van der Waals surface area contributed by atoms with Gasteiger partial charge in [-0.2, -0.15) is 0 Å². The number of hydrogen-bond donors (Lipinski definition) is 2. The minimum absolute atomic E-state index is 0.103. The summed E-state index contributed by atoms with van der Waals surface area (Å²) in [6.07, 6.45) is 0. The van der Waals surface area contributed by atoms with Crippen LogP contribution in [0.4, 0.5) is 11.4 Å². The zero-order valence-corrected chi connectivity index (χ0v) is 19.8. The van der Waals surface area contributed by atoms with Crippen molar-refractivity contribution in [1.82, 2.24) is 0 Å². The molecule has 5 heteroatoms. The first-order chi connectivity index (χ1) is 14.5. The van der Waals surface area contributed by atoms with E-state index in [0.29, 0.717) is 11.4 Å². The van der Waals surface area contributed by atoms with Crippen molar-refractivity contribution in [3.63, 3.8) is 0 Å². The van der Waals surface area contributed by atoms with E-state index < -0.39 is 10.8 Å². The van der Waals surface area contributed by atoms with Crippen molar-refractivity contribution < 1.29 is 9.59 Å². The Bertz CT molecular complexity index is 986. The number of anilines is 2. The van der Waals surface area contributed by atoms with Crippen molar-refractivity contribution in [3.8, 4) is 20.9 Å². The summed E-state index contributed by atoms with van der Waals surface area (Å²) >= 11 is 1.57. The lowest BCUT2D eigenvalue weighted by Crippen LogP contribution is -2.30. The predicted octanol–water partition coefficient (Wildman–Crippen LogP) is 7.05. The highest BCUT2D eigenvalue weighted by Crippen LogP contribution is 2.50. The first kappa shape index (κ1) is 22.8. The van der Waals surface area contributed by atoms with Gasteiger partial charge in [-0.3, -0.25) is 9.59 Å². The van der Waals surface area contributed by atoms with Crippen LogP contribution in [0.5, 0.6) is 0 Å². The van der Waals surface area contributed by atoms with Gasteiger partial charge in [-0.05, 0) is 11.1 Å². The van der Waals surface area contributed by atoms with Crippen molar-refractivity contribution in [1.29, 1.82) is 0 Å². The number of hydrogen-bond acceptors (Lipinski definition) is 3. The normalized spacial score (nSPS) is 11.8. The lowest BCUT2D eigenvalue weighted by Gasteiger charge is -2.22. The van der Waals surface area contributed by atoms with Gasteiger partial charge in [0.05, 0.1) is 21.1 Å². The molecular weight excluding hydrogens is 404 g/mol. The van der Waals surface area contributed by atoms with E-state index in [9.17, 15) is 9.59 Å². The van der Waals surface area contributed by atoms with Crippen LogP contribution in [-0.4, -0.2) is 11.8 Å². The van der Waals surface area contributed by atoms with Crippen LogP contribution in [0.3, 0.4) is 0 Å². The van der Waals surface area contributed by atoms with Crippen molar-refractivity contribution in [2.45, 2.75) is 41.5 Å². The van der Waals surface area contributed by atoms with Gasteiger partial charge < -0.3 is 10.6 Å². The van der Waals surface area contributed by atoms with Crippen LogP contribution >= 0.6 is 11.3 Å². The lowest BCUT2D eigenvalue weighted by atomic mass is 9.94. The Morgan fingerprint density at radius 2 is 0.935 bits per heavy atom. The Morgan fingerprint density at radius 1 is 0.613 bits per heavy atom. The molecule has 4 nitrogen and oxygen atoms in total. The summed E-state index contributed by atoms with van der Waals surface area (Å²) in [5.41, 5.74) is 2.12. The van der Waals surface area contributed by atoms with Gasteiger partial charge in [0.15, 0.2) is 0 Å². The smallest absolute Gasteiger partial charge is 0.229 e. The van der Waals surface area contributed by atoms with Crippen LogP contribution < -0.4 is 10.6 Å². The molecule has 2 aromatic carbocycles. The van der Waals surface area contributed by atoms with Gasteiger partial charge in [-0.15, -0.1) is 11.3 Å². The molecule has 0 fully saturated rings. The van der Waals surface area contributed by atoms with Gasteiger partial charge >= 0.3 is 0 Å². The second kappa shape index (κ2) is 8.67. The van der Waals surface area contributed by atoms with Gasteiger partial charge in [0.1, 0.15) is 0 Å². The van der Waals surface area contributed by atoms with E-state index in [0.717, 1.165) is 20.9 Å². The van der Waals surface area contributed by atoms with Crippen LogP contribution in [0.15, 0.2) is 60.7 Å². The summed E-state index contributed by atoms with van der Waals surface area (Å²) in [6.45, 7) is 11.3. The summed E-state index contributed by atoms with van der Waals surface area (Å²) in [4.78, 5) is 27.8. The summed E-state index contributed by atoms with van der Waals surface area (Å²) in [6, 6.07) is 19.9. The molecule has 0 unspecified atom stereocenters. The summed E-state index contributed by atoms with van der Waals surface area (Å²) in [7, 11) is 0. The average molecular weight is 435 g/mol. The van der Waals surface area contributed by atoms with Gasteiger partial charge in [-0.1, -0.05) is 102 Å². The maximum atomic E-state index is 13.0. The minimum atomic E-state index is -0.575. The van der Waals surface area contributed by atoms with Crippen LogP contribution in [-0.2, 0) is 9.59 Å². The van der Waals surface area contributed by atoms with E-state index in [4.69, 9.17) is 0 Å². The summed E-state index contributed by atoms with van der Waals surface area (Å²) < 4.78 is 0. The minimum Gasteiger partial charge on any atom is -0.323 e. The molecule has 3 aromatic rings. The quantitative estimate of drug-likeness (QED) is 0.462. The Kier molecular flexibility index (Phi) is 6.37. The van der Waals surface area contributed by atoms with Gasteiger partial charge in [-0.25, -0.2) is 0 Å². The highest BCUT2D eigenvalue weighted by molar-refractivity contribution is 7.20. The lowest BCUT2D eigenvalue weighted by molar-refractivity contribution is -0.124. The number of benzene rings is 2. The van der Waals surface area contributed by atoms with E-state index in [1.54, 1.807) is 11.3 Å². The molecule has 0 aliphatic heterocycles. The molecule has 2 N–H and O–H groups in total. The third-order valence-corrected chi connectivity index (χ3v) is 6.11. The fourth-order valence-corrected chi connectivity index (χ4v) is 4.08. The van der Waals surface area contributed by atoms with Gasteiger partial charge in [0, 0.05) is 10.8 Å². The van der Waals surface area contributed by atoms with Crippen LogP contribution in [0.25, 0.3) is 20.9 Å². The van der Waals surface area contributed by atoms with Crippen LogP contribution in [0, 0.1) is 10.8 Å². The van der Waals surface area contributed by atoms with Crippen LogP contribution in [0.1, 0.15) is 41.5 Å². The SMILES string of the molecule is CC(C)(C)C(=O)Nc1c(-c2ccccc2)sc(-c2ccccc2)c1NC(=O)C(C)(C)C. The maximum Gasteiger partial charge on any atom is 0.229 e. The number of rotatable bonds is 4. The zero-order chi connectivity index (χ0) is 22.8. The van der Waals surface area contributed by atoms with Crippen LogP contribution in [0.2, 0.25) is 0 Å². The molecule has 0 aliphatic rings. The highest BCUT2D eigenvalue weighted by atomic mass is 32.1. The zero-order valence-electron chi connectivity index (χ0n) is 19.0. The molecule has 0 saturated carbocycles. The Morgan fingerprint density at radius 3 is 1.23 bits per heavy atom. The molecule has 31 heavy (non-hydrogen) atoms. The third-order valence-electron chi connectivity index (χ3n) is 4.82. The second-order valence-corrected chi connectivity index (χ2v) is 10.7. The Balaban J connectivity index is 2.26. The average Bonchev–Trinajstić information content (AvgIpc) is 3.06. The largest absolute Gasteiger partial charge is 0.323 e. The number of carbonyl (C=O) groups is 2. The fraction of sp³-hybridized carbons (Fsp3) is 0.308. The first-order valence-corrected chi connectivity index (χ1v) is 11.2. The van der Waals surface area contributed by atoms with Crippen molar-refractivity contribution in [2.75, 3.05) is 10.6 Å². The maximum absolute atomic E-state index is 13.0. The molecule has 3 rings (SSSR count). The summed E-state index contributed by atoms with van der Waals surface area (Å²) in [5.74, 6) is -0.207. The molecule has 162 valence electrons. The topological polar surface area (TPSA) is 58.2 Å². The van der Waals surface area contributed by atoms with Gasteiger partial charge in [0.25, 0.3) is 0 Å². The molecule has 0 spiro atoms. The number of nitrogens with one attached hydrogen (secondary N) is 2. The number of carbonyl (C=O) groups excluding carboxylic acids is 2. The van der Waals surface area contributed by atoms with E-state index in [2.05, 4.69) is 10.6 Å².